The number of nitrogens with zero attached hydrogens (tertiary/aromatic N) is 5. The molecule has 1 saturated heterocycles. The molecule has 7 heteroatoms. The molecule has 0 amide bonds. The van der Waals surface area contributed by atoms with Crippen LogP contribution in [0.1, 0.15) is 45.0 Å². The summed E-state index contributed by atoms with van der Waals surface area (Å²) in [4.78, 5) is 7.37. The Kier molecular flexibility index (Phi) is 9.25. The molecule has 1 N–H and O–H groups in total. The molecule has 1 aliphatic rings. The molecule has 0 bridgehead atoms. The number of hydrogen-bond donors (Lipinski definition) is 1. The van der Waals surface area contributed by atoms with Crippen LogP contribution in [-0.2, 0) is 19.4 Å². The summed E-state index contributed by atoms with van der Waals surface area (Å²) >= 11 is 1.67. The molecule has 1 atom stereocenters. The average Bonchev–Trinajstić information content (AvgIpc) is 3.37. The van der Waals surface area contributed by atoms with Gasteiger partial charge in [-0.25, -0.2) is 0 Å². The second-order valence-electron chi connectivity index (χ2n) is 8.74. The third-order valence-electron chi connectivity index (χ3n) is 5.63. The fourth-order valence-corrected chi connectivity index (χ4v) is 4.71. The summed E-state index contributed by atoms with van der Waals surface area (Å²) in [5.74, 6) is 3.43. The highest BCUT2D eigenvalue weighted by Gasteiger charge is 2.25. The Morgan fingerprint density at radius 1 is 1.26 bits per heavy atom. The Morgan fingerprint density at radius 2 is 2.06 bits per heavy atom. The van der Waals surface area contributed by atoms with Crippen molar-refractivity contribution in [3.8, 4) is 0 Å². The van der Waals surface area contributed by atoms with Crippen LogP contribution in [0.4, 0.5) is 0 Å². The van der Waals surface area contributed by atoms with Crippen LogP contribution in [0.25, 0.3) is 0 Å². The summed E-state index contributed by atoms with van der Waals surface area (Å²) in [7, 11) is 0. The smallest absolute Gasteiger partial charge is 0.193 e. The zero-order valence-electron chi connectivity index (χ0n) is 19.5. The molecule has 1 fully saturated rings. The van der Waals surface area contributed by atoms with E-state index in [2.05, 4.69) is 82.3 Å². The minimum absolute atomic E-state index is 0.582. The molecule has 31 heavy (non-hydrogen) atoms. The third kappa shape index (κ3) is 6.99. The summed E-state index contributed by atoms with van der Waals surface area (Å²) in [6.07, 6.45) is 6.36. The Hall–Kier alpha value is -2.02. The zero-order chi connectivity index (χ0) is 22.1. The minimum Gasteiger partial charge on any atom is -0.357 e. The van der Waals surface area contributed by atoms with E-state index in [0.29, 0.717) is 11.8 Å². The van der Waals surface area contributed by atoms with Crippen LogP contribution < -0.4 is 5.32 Å². The van der Waals surface area contributed by atoms with Crippen molar-refractivity contribution in [2.24, 2.45) is 16.8 Å². The van der Waals surface area contributed by atoms with E-state index in [1.54, 1.807) is 11.8 Å². The van der Waals surface area contributed by atoms with Crippen molar-refractivity contribution in [2.75, 3.05) is 32.4 Å². The monoisotopic (exact) mass is 442 g/mol. The topological polar surface area (TPSA) is 58.3 Å². The molecule has 0 saturated carbocycles. The van der Waals surface area contributed by atoms with Gasteiger partial charge in [0.25, 0.3) is 0 Å². The van der Waals surface area contributed by atoms with E-state index in [-0.39, 0.29) is 0 Å². The van der Waals surface area contributed by atoms with Gasteiger partial charge >= 0.3 is 0 Å². The van der Waals surface area contributed by atoms with Gasteiger partial charge in [-0.05, 0) is 49.8 Å². The first-order valence-electron chi connectivity index (χ1n) is 11.6. The van der Waals surface area contributed by atoms with E-state index in [0.717, 1.165) is 68.9 Å². The van der Waals surface area contributed by atoms with Crippen molar-refractivity contribution in [3.63, 3.8) is 0 Å². The Labute approximate surface area is 191 Å². The average molecular weight is 443 g/mol. The lowest BCUT2D eigenvalue weighted by Gasteiger charge is -2.21. The van der Waals surface area contributed by atoms with Gasteiger partial charge in [0.2, 0.25) is 0 Å². The number of guanidine groups is 1. The molecule has 0 aliphatic carbocycles. The van der Waals surface area contributed by atoms with E-state index >= 15 is 0 Å². The highest BCUT2D eigenvalue weighted by atomic mass is 32.2. The van der Waals surface area contributed by atoms with Crippen LogP contribution in [0.2, 0.25) is 0 Å². The lowest BCUT2D eigenvalue weighted by molar-refractivity contribution is 0.459. The van der Waals surface area contributed by atoms with Gasteiger partial charge in [0.1, 0.15) is 5.82 Å². The van der Waals surface area contributed by atoms with Crippen molar-refractivity contribution < 1.29 is 0 Å². The maximum atomic E-state index is 4.94. The Bertz CT molecular complexity index is 817. The molecule has 2 aromatic rings. The number of benzene rings is 1. The third-order valence-corrected chi connectivity index (χ3v) is 6.30. The van der Waals surface area contributed by atoms with Gasteiger partial charge in [-0.15, -0.1) is 10.2 Å². The van der Waals surface area contributed by atoms with Crippen molar-refractivity contribution >= 4 is 17.7 Å². The van der Waals surface area contributed by atoms with Crippen molar-refractivity contribution in [3.05, 3.63) is 41.7 Å². The summed E-state index contributed by atoms with van der Waals surface area (Å²) < 4.78 is 2.28. The van der Waals surface area contributed by atoms with E-state index < -0.39 is 0 Å². The molecule has 3 rings (SSSR count). The van der Waals surface area contributed by atoms with Gasteiger partial charge < -0.3 is 14.8 Å². The summed E-state index contributed by atoms with van der Waals surface area (Å²) in [6.45, 7) is 11.5. The molecule has 0 spiro atoms. The zero-order valence-corrected chi connectivity index (χ0v) is 20.4. The second kappa shape index (κ2) is 12.1. The largest absolute Gasteiger partial charge is 0.357 e. The van der Waals surface area contributed by atoms with E-state index in [1.807, 2.05) is 0 Å². The van der Waals surface area contributed by atoms with Crippen molar-refractivity contribution in [1.82, 2.24) is 25.0 Å². The Morgan fingerprint density at radius 3 is 2.77 bits per heavy atom. The van der Waals surface area contributed by atoms with Crippen LogP contribution in [0.3, 0.4) is 0 Å². The van der Waals surface area contributed by atoms with Gasteiger partial charge in [0, 0.05) is 39.1 Å². The molecule has 170 valence electrons. The molecule has 2 heterocycles. The van der Waals surface area contributed by atoms with Gasteiger partial charge in [-0.3, -0.25) is 4.99 Å². The maximum Gasteiger partial charge on any atom is 0.193 e. The number of thioether (sulfide) groups is 1. The lowest BCUT2D eigenvalue weighted by Crippen LogP contribution is -2.40. The number of rotatable bonds is 10. The number of aromatic nitrogens is 3. The van der Waals surface area contributed by atoms with Crippen LogP contribution in [-0.4, -0.2) is 58.1 Å². The fraction of sp³-hybridized carbons (Fsp3) is 0.625. The number of likely N-dealkylation sites (tertiary alicyclic amines) is 1. The second-order valence-corrected chi connectivity index (χ2v) is 9.51. The molecule has 1 aromatic carbocycles. The predicted molar refractivity (Wildman–Crippen MR) is 131 cm³/mol. The first-order valence-corrected chi connectivity index (χ1v) is 12.9. The first kappa shape index (κ1) is 23.6. The maximum absolute atomic E-state index is 4.94. The molecule has 6 nitrogen and oxygen atoms in total. The van der Waals surface area contributed by atoms with E-state index in [4.69, 9.17) is 4.99 Å². The molecule has 1 aromatic heterocycles. The molecule has 1 aliphatic heterocycles. The molecule has 0 radical (unpaired) electrons. The minimum atomic E-state index is 0.582. The number of nitrogens with one attached hydrogen (secondary N) is 1. The van der Waals surface area contributed by atoms with Gasteiger partial charge in [0.15, 0.2) is 11.1 Å². The summed E-state index contributed by atoms with van der Waals surface area (Å²) in [5.41, 5.74) is 1.44. The van der Waals surface area contributed by atoms with Crippen LogP contribution >= 0.6 is 11.8 Å². The molecular formula is C24H38N6S. The van der Waals surface area contributed by atoms with Crippen LogP contribution in [0.5, 0.6) is 0 Å². The van der Waals surface area contributed by atoms with Crippen molar-refractivity contribution in [2.45, 2.75) is 58.2 Å². The number of hydrogen-bond acceptors (Lipinski definition) is 4. The SMILES string of the molecule is CCNC(=NCCCc1nnc(SC)n1CC(C)C)N1CCC(Cc2ccccc2)C1. The summed E-state index contributed by atoms with van der Waals surface area (Å²) in [6, 6.07) is 10.8. The summed E-state index contributed by atoms with van der Waals surface area (Å²) in [5, 5.41) is 13.3. The fourth-order valence-electron chi connectivity index (χ4n) is 4.19. The van der Waals surface area contributed by atoms with Crippen LogP contribution in [0, 0.1) is 11.8 Å². The standard InChI is InChI=1S/C24H38N6S/c1-5-25-23(29-15-13-21(18-29)16-20-10-7-6-8-11-20)26-14-9-12-22-27-28-24(31-4)30(22)17-19(2)3/h6-8,10-11,19,21H,5,9,12-18H2,1-4H3,(H,25,26). The number of aliphatic imine (C=N–C) groups is 1. The highest BCUT2D eigenvalue weighted by molar-refractivity contribution is 7.98. The normalized spacial score (nSPS) is 17.0. The van der Waals surface area contributed by atoms with Crippen molar-refractivity contribution in [1.29, 1.82) is 0 Å². The molecular weight excluding hydrogens is 404 g/mol. The molecule has 1 unspecified atom stereocenters. The van der Waals surface area contributed by atoms with Crippen LogP contribution in [0.15, 0.2) is 40.5 Å². The Balaban J connectivity index is 1.53. The van der Waals surface area contributed by atoms with E-state index in [1.165, 1.54) is 12.0 Å². The first-order chi connectivity index (χ1) is 15.1. The quantitative estimate of drug-likeness (QED) is 0.260. The van der Waals surface area contributed by atoms with Gasteiger partial charge in [-0.2, -0.15) is 0 Å². The van der Waals surface area contributed by atoms with Gasteiger partial charge in [0.05, 0.1) is 0 Å². The predicted octanol–water partition coefficient (Wildman–Crippen LogP) is 4.12. The highest BCUT2D eigenvalue weighted by Crippen LogP contribution is 2.21. The van der Waals surface area contributed by atoms with Gasteiger partial charge in [-0.1, -0.05) is 55.9 Å². The number of aryl methyl sites for hydroxylation is 1. The lowest BCUT2D eigenvalue weighted by atomic mass is 9.99. The van der Waals surface area contributed by atoms with E-state index in [9.17, 15) is 0 Å².